The zero-order valence-electron chi connectivity index (χ0n) is 33.8. The molecule has 2 fully saturated rings. The minimum absolute atomic E-state index is 0.0964. The summed E-state index contributed by atoms with van der Waals surface area (Å²) in [5.41, 5.74) is 9.50. The van der Waals surface area contributed by atoms with Gasteiger partial charge in [0.2, 0.25) is 5.91 Å². The number of H-pyrrole nitrogens is 2. The number of aldehydes is 1. The lowest BCUT2D eigenvalue weighted by Crippen LogP contribution is -2.40. The molecule has 10 nitrogen and oxygen atoms in total. The molecule has 2 N–H and O–H groups in total. The van der Waals surface area contributed by atoms with E-state index in [9.17, 15) is 14.4 Å². The standard InChI is InChI=1S/C50H47N7O3/c1-55(2)46(38-14-7-4-8-15-38)50(60)57-29-11-19-44(57)48-52-31-42(54-48)36-26-22-34(23-27-36)33-20-24-35(25-21-33)41-30-51-47(53-41)43-18-10-28-56(43)49(59)40-17-9-16-39(32-58)45(40)37-12-5-3-6-13-37/h3-9,12-17,20-27,30-32,43-44,46H,10-11,18-19,28-29H2,1-2H3,(H,51,53)(H,52,54)/t43-,44-,46+/m0/s1. The van der Waals surface area contributed by atoms with Crippen molar-refractivity contribution in [2.24, 2.45) is 0 Å². The molecule has 0 aliphatic carbocycles. The van der Waals surface area contributed by atoms with Crippen LogP contribution in [-0.2, 0) is 4.79 Å². The summed E-state index contributed by atoms with van der Waals surface area (Å²) in [5, 5.41) is 0. The van der Waals surface area contributed by atoms with E-state index >= 15 is 0 Å². The minimum atomic E-state index is -0.352. The smallest absolute Gasteiger partial charge is 0.255 e. The van der Waals surface area contributed by atoms with Gasteiger partial charge in [0.25, 0.3) is 5.91 Å². The highest BCUT2D eigenvalue weighted by atomic mass is 16.2. The summed E-state index contributed by atoms with van der Waals surface area (Å²) in [6, 6.07) is 41.1. The number of nitrogens with zero attached hydrogens (tertiary/aromatic N) is 5. The Hall–Kier alpha value is -6.91. The Bertz CT molecular complexity index is 2620. The summed E-state index contributed by atoms with van der Waals surface area (Å²) in [7, 11) is 3.91. The second kappa shape index (κ2) is 16.8. The largest absolute Gasteiger partial charge is 0.340 e. The van der Waals surface area contributed by atoms with E-state index in [1.165, 1.54) is 0 Å². The molecule has 4 heterocycles. The van der Waals surface area contributed by atoms with Crippen LogP contribution < -0.4 is 0 Å². The van der Waals surface area contributed by atoms with E-state index in [1.54, 1.807) is 12.1 Å². The summed E-state index contributed by atoms with van der Waals surface area (Å²) >= 11 is 0. The molecule has 2 aliphatic heterocycles. The van der Waals surface area contributed by atoms with Crippen LogP contribution in [0.5, 0.6) is 0 Å². The number of hydrogen-bond donors (Lipinski definition) is 2. The van der Waals surface area contributed by atoms with Gasteiger partial charge in [0, 0.05) is 29.8 Å². The van der Waals surface area contributed by atoms with E-state index in [1.807, 2.05) is 108 Å². The van der Waals surface area contributed by atoms with Crippen LogP contribution in [0, 0.1) is 0 Å². The van der Waals surface area contributed by atoms with Gasteiger partial charge in [-0.3, -0.25) is 19.3 Å². The van der Waals surface area contributed by atoms with Gasteiger partial charge in [-0.25, -0.2) is 9.97 Å². The Morgan fingerprint density at radius 3 is 1.70 bits per heavy atom. The summed E-state index contributed by atoms with van der Waals surface area (Å²) in [5.74, 6) is 1.56. The van der Waals surface area contributed by atoms with Crippen molar-refractivity contribution >= 4 is 18.1 Å². The lowest BCUT2D eigenvalue weighted by molar-refractivity contribution is -0.137. The Balaban J connectivity index is 0.874. The Morgan fingerprint density at radius 1 is 0.633 bits per heavy atom. The Morgan fingerprint density at radius 2 is 1.15 bits per heavy atom. The molecule has 0 saturated carbocycles. The fourth-order valence-corrected chi connectivity index (χ4v) is 8.98. The highest BCUT2D eigenvalue weighted by Crippen LogP contribution is 2.38. The van der Waals surface area contributed by atoms with Crippen LogP contribution in [0.3, 0.4) is 0 Å². The fraction of sp³-hybridized carbons (Fsp3) is 0.220. The third-order valence-electron chi connectivity index (χ3n) is 12.0. The fourth-order valence-electron chi connectivity index (χ4n) is 8.98. The predicted molar refractivity (Wildman–Crippen MR) is 234 cm³/mol. The third kappa shape index (κ3) is 7.46. The van der Waals surface area contributed by atoms with Crippen molar-refractivity contribution < 1.29 is 14.4 Å². The van der Waals surface area contributed by atoms with Crippen LogP contribution in [0.4, 0.5) is 0 Å². The van der Waals surface area contributed by atoms with E-state index in [0.717, 1.165) is 88.4 Å². The lowest BCUT2D eigenvalue weighted by Gasteiger charge is -2.31. The SMILES string of the molecule is CN(C)[C@@H](C(=O)N1CCC[C@H]1c1ncc(-c2ccc(-c3ccc(-c4cnc([C@@H]5CCCN5C(=O)c5cccc(C=O)c5-c5ccccc5)[nH]4)cc3)cc2)[nH]1)c1ccccc1. The van der Waals surface area contributed by atoms with Crippen molar-refractivity contribution in [2.75, 3.05) is 27.2 Å². The molecule has 2 aromatic heterocycles. The molecule has 7 aromatic rings. The molecule has 3 atom stereocenters. The predicted octanol–water partition coefficient (Wildman–Crippen LogP) is 9.56. The van der Waals surface area contributed by atoms with Gasteiger partial charge in [0.1, 0.15) is 17.7 Å². The van der Waals surface area contributed by atoms with Crippen molar-refractivity contribution in [2.45, 2.75) is 43.8 Å². The molecule has 2 saturated heterocycles. The summed E-state index contributed by atoms with van der Waals surface area (Å²) in [6.45, 7) is 1.32. The number of likely N-dealkylation sites (tertiary alicyclic amines) is 2. The van der Waals surface area contributed by atoms with E-state index < -0.39 is 0 Å². The molecule has 0 spiro atoms. The number of likely N-dealkylation sites (N-methyl/N-ethyl adjacent to an activating group) is 1. The van der Waals surface area contributed by atoms with Gasteiger partial charge in [-0.2, -0.15) is 0 Å². The number of aromatic amines is 2. The third-order valence-corrected chi connectivity index (χ3v) is 12.0. The minimum Gasteiger partial charge on any atom is -0.340 e. The van der Waals surface area contributed by atoms with Gasteiger partial charge in [-0.05, 0) is 79.2 Å². The van der Waals surface area contributed by atoms with Crippen LogP contribution in [0.1, 0.15) is 81.7 Å². The molecule has 0 radical (unpaired) electrons. The summed E-state index contributed by atoms with van der Waals surface area (Å²) in [6.07, 6.45) is 8.00. The maximum absolute atomic E-state index is 14.2. The molecule has 5 aromatic carbocycles. The Labute approximate surface area is 349 Å². The molecular weight excluding hydrogens is 747 g/mol. The lowest BCUT2D eigenvalue weighted by atomic mass is 9.94. The number of nitrogens with one attached hydrogen (secondary N) is 2. The normalized spacial score (nSPS) is 17.0. The zero-order valence-corrected chi connectivity index (χ0v) is 33.8. The van der Waals surface area contributed by atoms with Crippen LogP contribution in [0.2, 0.25) is 0 Å². The van der Waals surface area contributed by atoms with Crippen LogP contribution in [0.25, 0.3) is 44.8 Å². The first-order chi connectivity index (χ1) is 29.4. The first-order valence-electron chi connectivity index (χ1n) is 20.7. The first-order valence-corrected chi connectivity index (χ1v) is 20.7. The highest BCUT2D eigenvalue weighted by molar-refractivity contribution is 6.05. The van der Waals surface area contributed by atoms with Crippen molar-refractivity contribution in [1.82, 2.24) is 34.6 Å². The number of rotatable bonds is 11. The number of hydrogen-bond acceptors (Lipinski definition) is 6. The van der Waals surface area contributed by atoms with E-state index in [4.69, 9.17) is 9.97 Å². The number of benzene rings is 5. The first kappa shape index (κ1) is 38.6. The van der Waals surface area contributed by atoms with Gasteiger partial charge in [0.15, 0.2) is 6.29 Å². The highest BCUT2D eigenvalue weighted by Gasteiger charge is 2.37. The van der Waals surface area contributed by atoms with Gasteiger partial charge in [-0.1, -0.05) is 121 Å². The average molecular weight is 794 g/mol. The van der Waals surface area contributed by atoms with Crippen LogP contribution in [-0.4, -0.2) is 79.9 Å². The second-order valence-corrected chi connectivity index (χ2v) is 15.9. The molecule has 300 valence electrons. The molecule has 2 aliphatic rings. The van der Waals surface area contributed by atoms with Gasteiger partial charge in [0.05, 0.1) is 35.9 Å². The molecule has 10 heteroatoms. The maximum Gasteiger partial charge on any atom is 0.255 e. The maximum atomic E-state index is 14.2. The van der Waals surface area contributed by atoms with Crippen molar-refractivity contribution in [1.29, 1.82) is 0 Å². The summed E-state index contributed by atoms with van der Waals surface area (Å²) in [4.78, 5) is 62.6. The topological polar surface area (TPSA) is 118 Å². The number of carbonyl (C=O) groups is 3. The van der Waals surface area contributed by atoms with Gasteiger partial charge >= 0.3 is 0 Å². The van der Waals surface area contributed by atoms with E-state index in [0.29, 0.717) is 29.8 Å². The number of imidazole rings is 2. The second-order valence-electron chi connectivity index (χ2n) is 15.9. The zero-order chi connectivity index (χ0) is 41.2. The average Bonchev–Trinajstić information content (AvgIpc) is 4.14. The number of aromatic nitrogens is 4. The number of carbonyl (C=O) groups excluding carboxylic acids is 3. The monoisotopic (exact) mass is 793 g/mol. The molecular formula is C50H47N7O3. The molecule has 9 rings (SSSR count). The van der Waals surface area contributed by atoms with Crippen molar-refractivity contribution in [3.05, 3.63) is 168 Å². The number of amides is 2. The Kier molecular flexibility index (Phi) is 10.8. The molecule has 60 heavy (non-hydrogen) atoms. The van der Waals surface area contributed by atoms with E-state index in [2.05, 4.69) is 58.5 Å². The molecule has 0 bridgehead atoms. The quantitative estimate of drug-likeness (QED) is 0.126. The van der Waals surface area contributed by atoms with Gasteiger partial charge in [-0.15, -0.1) is 0 Å². The molecule has 2 amide bonds. The van der Waals surface area contributed by atoms with Crippen molar-refractivity contribution in [3.8, 4) is 44.8 Å². The van der Waals surface area contributed by atoms with E-state index in [-0.39, 0.29) is 29.9 Å². The van der Waals surface area contributed by atoms with Gasteiger partial charge < -0.3 is 19.8 Å². The van der Waals surface area contributed by atoms with Crippen LogP contribution >= 0.6 is 0 Å². The van der Waals surface area contributed by atoms with Crippen LogP contribution in [0.15, 0.2) is 140 Å². The van der Waals surface area contributed by atoms with Crippen molar-refractivity contribution in [3.63, 3.8) is 0 Å². The summed E-state index contributed by atoms with van der Waals surface area (Å²) < 4.78 is 0. The molecule has 0 unspecified atom stereocenters.